The summed E-state index contributed by atoms with van der Waals surface area (Å²) >= 11 is 0. The van der Waals surface area contributed by atoms with E-state index in [2.05, 4.69) is 97.6 Å². The molecule has 2 N–H and O–H groups in total. The smallest absolute Gasteiger partial charge is 0.123 e. The van der Waals surface area contributed by atoms with Crippen molar-refractivity contribution in [1.82, 2.24) is 0 Å². The van der Waals surface area contributed by atoms with Crippen LogP contribution in [0.1, 0.15) is 17.5 Å². The highest BCUT2D eigenvalue weighted by molar-refractivity contribution is 7.95. The molecule has 5 aromatic carbocycles. The molecule has 2 nitrogen and oxygen atoms in total. The van der Waals surface area contributed by atoms with Crippen molar-refractivity contribution in [1.29, 1.82) is 0 Å². The molecule has 0 aliphatic rings. The van der Waals surface area contributed by atoms with Crippen molar-refractivity contribution < 1.29 is 10.2 Å². The number of allylic oxidation sites excluding steroid dienone is 1. The first-order valence-electron chi connectivity index (χ1n) is 13.4. The molecule has 0 radical (unpaired) electrons. The summed E-state index contributed by atoms with van der Waals surface area (Å²) in [5.74, 6) is 0.533. The molecule has 39 heavy (non-hydrogen) atoms. The van der Waals surface area contributed by atoms with Crippen molar-refractivity contribution >= 4 is 23.2 Å². The van der Waals surface area contributed by atoms with Gasteiger partial charge in [0.1, 0.15) is 34.7 Å². The van der Waals surface area contributed by atoms with Crippen LogP contribution in [-0.4, -0.2) is 16.4 Å². The van der Waals surface area contributed by atoms with Gasteiger partial charge in [0.25, 0.3) is 0 Å². The van der Waals surface area contributed by atoms with Crippen LogP contribution in [-0.2, 0) is 12.8 Å². The molecule has 0 saturated carbocycles. The molecule has 5 rings (SSSR count). The van der Waals surface area contributed by atoms with Gasteiger partial charge in [0.2, 0.25) is 0 Å². The van der Waals surface area contributed by atoms with E-state index in [4.69, 9.17) is 0 Å². The highest BCUT2D eigenvalue weighted by Crippen LogP contribution is 2.56. The van der Waals surface area contributed by atoms with Crippen LogP contribution in [0, 0.1) is 0 Å². The summed E-state index contributed by atoms with van der Waals surface area (Å²) in [6.45, 7) is 3.83. The SMILES string of the molecule is C=CCc1ccc(O)c(-c2ccc(O)c(CCC[P+](c3ccccc3)(c3ccccc3)c3ccccc3)c2)c1. The lowest BCUT2D eigenvalue weighted by molar-refractivity contribution is 0.467. The predicted molar refractivity (Wildman–Crippen MR) is 167 cm³/mol. The summed E-state index contributed by atoms with van der Waals surface area (Å²) < 4.78 is 0. The van der Waals surface area contributed by atoms with E-state index in [1.807, 2.05) is 30.3 Å². The molecule has 0 fully saturated rings. The third-order valence-corrected chi connectivity index (χ3v) is 11.9. The number of hydrogen-bond acceptors (Lipinski definition) is 2. The number of aromatic hydroxyl groups is 2. The molecule has 0 aliphatic carbocycles. The van der Waals surface area contributed by atoms with E-state index in [0.717, 1.165) is 47.7 Å². The van der Waals surface area contributed by atoms with Crippen molar-refractivity contribution in [2.24, 2.45) is 0 Å². The van der Waals surface area contributed by atoms with E-state index in [9.17, 15) is 10.2 Å². The zero-order valence-electron chi connectivity index (χ0n) is 22.1. The highest BCUT2D eigenvalue weighted by Gasteiger charge is 2.44. The van der Waals surface area contributed by atoms with Gasteiger partial charge in [-0.1, -0.05) is 72.8 Å². The van der Waals surface area contributed by atoms with E-state index < -0.39 is 7.26 Å². The highest BCUT2D eigenvalue weighted by atomic mass is 31.2. The minimum absolute atomic E-state index is 0.238. The number of rotatable bonds is 10. The van der Waals surface area contributed by atoms with Gasteiger partial charge in [0, 0.05) is 5.56 Å². The molecule has 0 bridgehead atoms. The van der Waals surface area contributed by atoms with Gasteiger partial charge in [0.15, 0.2) is 0 Å². The zero-order valence-corrected chi connectivity index (χ0v) is 23.0. The number of phenolic OH excluding ortho intramolecular Hbond substituents is 2. The first-order valence-corrected chi connectivity index (χ1v) is 15.4. The summed E-state index contributed by atoms with van der Waals surface area (Å²) in [4.78, 5) is 0. The molecule has 0 aromatic heterocycles. The molecule has 5 aromatic rings. The summed E-state index contributed by atoms with van der Waals surface area (Å²) in [5, 5.41) is 25.5. The number of hydrogen-bond donors (Lipinski definition) is 2. The lowest BCUT2D eigenvalue weighted by Crippen LogP contribution is -2.33. The monoisotopic (exact) mass is 529 g/mol. The van der Waals surface area contributed by atoms with Crippen LogP contribution >= 0.6 is 7.26 Å². The molecule has 0 atom stereocenters. The van der Waals surface area contributed by atoms with Crippen LogP contribution in [0.5, 0.6) is 11.5 Å². The standard InChI is InChI=1S/C36H33O2P/c1-2-13-28-21-23-36(38)34(26-28)29-22-24-35(37)30(27-29)14-12-25-39(31-15-6-3-7-16-31,32-17-8-4-9-18-32)33-19-10-5-11-20-33/h2-11,15-24,26-27H,1,12-14,25H2,(H-,37,38)/p+1. The van der Waals surface area contributed by atoms with Crippen molar-refractivity contribution in [2.45, 2.75) is 19.3 Å². The van der Waals surface area contributed by atoms with Gasteiger partial charge in [-0.05, 0) is 96.6 Å². The summed E-state index contributed by atoms with van der Waals surface area (Å²) in [6.07, 6.45) is 5.23. The Balaban J connectivity index is 1.50. The third-order valence-electron chi connectivity index (χ3n) is 7.36. The van der Waals surface area contributed by atoms with Crippen LogP contribution in [0.2, 0.25) is 0 Å². The van der Waals surface area contributed by atoms with Crippen LogP contribution in [0.25, 0.3) is 11.1 Å². The minimum atomic E-state index is -1.93. The van der Waals surface area contributed by atoms with Gasteiger partial charge in [0.05, 0.1) is 6.16 Å². The second-order valence-electron chi connectivity index (χ2n) is 9.83. The molecule has 0 heterocycles. The van der Waals surface area contributed by atoms with Crippen LogP contribution < -0.4 is 15.9 Å². The molecular formula is C36H34O2P+. The lowest BCUT2D eigenvalue weighted by Gasteiger charge is -2.27. The second-order valence-corrected chi connectivity index (χ2v) is 13.4. The fraction of sp³-hybridized carbons (Fsp3) is 0.111. The Bertz CT molecular complexity index is 1430. The molecule has 0 spiro atoms. The predicted octanol–water partition coefficient (Wildman–Crippen LogP) is 7.42. The normalized spacial score (nSPS) is 11.3. The van der Waals surface area contributed by atoms with Crippen LogP contribution in [0.4, 0.5) is 0 Å². The minimum Gasteiger partial charge on any atom is -0.508 e. The largest absolute Gasteiger partial charge is 0.508 e. The Hall–Kier alpha value is -4.13. The fourth-order valence-electron chi connectivity index (χ4n) is 5.45. The van der Waals surface area contributed by atoms with Gasteiger partial charge in [-0.25, -0.2) is 0 Å². The third kappa shape index (κ3) is 5.67. The fourth-order valence-corrected chi connectivity index (χ4v) is 9.79. The summed E-state index contributed by atoms with van der Waals surface area (Å²) in [5.41, 5.74) is 3.67. The zero-order chi connectivity index (χ0) is 27.1. The molecule has 0 saturated heterocycles. The number of benzene rings is 5. The molecule has 194 valence electrons. The van der Waals surface area contributed by atoms with E-state index in [0.29, 0.717) is 5.75 Å². The van der Waals surface area contributed by atoms with E-state index >= 15 is 0 Å². The Labute approximate surface area is 232 Å². The molecule has 3 heteroatoms. The topological polar surface area (TPSA) is 40.5 Å². The number of aryl methyl sites for hydroxylation is 1. The molecule has 0 aliphatic heterocycles. The maximum Gasteiger partial charge on any atom is 0.123 e. The van der Waals surface area contributed by atoms with E-state index in [1.165, 1.54) is 15.9 Å². The first kappa shape index (κ1) is 26.5. The van der Waals surface area contributed by atoms with Gasteiger partial charge in [-0.3, -0.25) is 0 Å². The van der Waals surface area contributed by atoms with Crippen molar-refractivity contribution in [3.8, 4) is 22.6 Å². The molecular weight excluding hydrogens is 495 g/mol. The maximum atomic E-state index is 10.8. The molecule has 0 amide bonds. The van der Waals surface area contributed by atoms with Crippen molar-refractivity contribution in [2.75, 3.05) is 6.16 Å². The van der Waals surface area contributed by atoms with Crippen LogP contribution in [0.15, 0.2) is 140 Å². The van der Waals surface area contributed by atoms with Crippen LogP contribution in [0.3, 0.4) is 0 Å². The number of phenols is 2. The Morgan fingerprint density at radius 3 is 1.69 bits per heavy atom. The lowest BCUT2D eigenvalue weighted by atomic mass is 9.97. The van der Waals surface area contributed by atoms with Crippen molar-refractivity contribution in [3.63, 3.8) is 0 Å². The average Bonchev–Trinajstić information content (AvgIpc) is 2.99. The Morgan fingerprint density at radius 2 is 1.15 bits per heavy atom. The van der Waals surface area contributed by atoms with Gasteiger partial charge in [-0.2, -0.15) is 0 Å². The maximum absolute atomic E-state index is 10.8. The Morgan fingerprint density at radius 1 is 0.615 bits per heavy atom. The van der Waals surface area contributed by atoms with Gasteiger partial charge in [-0.15, -0.1) is 6.58 Å². The second kappa shape index (κ2) is 12.2. The van der Waals surface area contributed by atoms with E-state index in [1.54, 1.807) is 12.1 Å². The quantitative estimate of drug-likeness (QED) is 0.146. The van der Waals surface area contributed by atoms with Gasteiger partial charge >= 0.3 is 0 Å². The first-order chi connectivity index (χ1) is 19.1. The summed E-state index contributed by atoms with van der Waals surface area (Å²) in [7, 11) is -1.93. The van der Waals surface area contributed by atoms with Gasteiger partial charge < -0.3 is 10.2 Å². The Kier molecular flexibility index (Phi) is 8.25. The van der Waals surface area contributed by atoms with E-state index in [-0.39, 0.29) is 5.75 Å². The van der Waals surface area contributed by atoms with Crippen molar-refractivity contribution in [3.05, 3.63) is 151 Å². The summed E-state index contributed by atoms with van der Waals surface area (Å²) in [6, 6.07) is 44.0. The molecule has 0 unspecified atom stereocenters. The average molecular weight is 530 g/mol.